The fraction of sp³-hybridized carbons (Fsp3) is 0.350. The molecular formula is C40H42N6O11S. The van der Waals surface area contributed by atoms with Crippen molar-refractivity contribution in [3.05, 3.63) is 99.5 Å². The molecule has 4 heterocycles. The average Bonchev–Trinajstić information content (AvgIpc) is 3.69. The number of aromatic nitrogens is 1. The van der Waals surface area contributed by atoms with Gasteiger partial charge in [0.15, 0.2) is 0 Å². The molecule has 0 radical (unpaired) electrons. The quantitative estimate of drug-likeness (QED) is 0.0736. The van der Waals surface area contributed by atoms with Gasteiger partial charge in [0.05, 0.1) is 31.0 Å². The summed E-state index contributed by atoms with van der Waals surface area (Å²) in [6.45, 7) is 2.45. The largest absolute Gasteiger partial charge is 0.477 e. The summed E-state index contributed by atoms with van der Waals surface area (Å²) in [6, 6.07) is 15.0. The Kier molecular flexibility index (Phi) is 13.0. The number of aldehydes is 1. The van der Waals surface area contributed by atoms with E-state index in [1.54, 1.807) is 60.7 Å². The first kappa shape index (κ1) is 41.7. The number of nitrogens with two attached hydrogens (primary N) is 1. The minimum absolute atomic E-state index is 0.107. The number of H-pyrrole nitrogens is 1. The van der Waals surface area contributed by atoms with E-state index in [1.165, 1.54) is 36.6 Å². The van der Waals surface area contributed by atoms with Crippen LogP contribution in [0.15, 0.2) is 82.8 Å². The number of thioether (sulfide) groups is 1. The molecule has 2 saturated heterocycles. The highest BCUT2D eigenvalue weighted by molar-refractivity contribution is 8.00. The topological polar surface area (TPSA) is 239 Å². The van der Waals surface area contributed by atoms with Crippen molar-refractivity contribution in [3.63, 3.8) is 0 Å². The number of amides is 4. The first-order valence-corrected chi connectivity index (χ1v) is 19.5. The molecule has 3 aliphatic rings. The van der Waals surface area contributed by atoms with Gasteiger partial charge in [0.1, 0.15) is 36.0 Å². The molecule has 6 rings (SSSR count). The van der Waals surface area contributed by atoms with Crippen LogP contribution >= 0.6 is 11.8 Å². The maximum absolute atomic E-state index is 14.1. The van der Waals surface area contributed by atoms with Crippen molar-refractivity contribution in [2.45, 2.75) is 62.8 Å². The SMILES string of the molecule is CC(=O)OCC1=C(C(=O)O)N2C(=O)C(N(Cc3ccc(-c4ccc(N(C(C)=O)C(=O)[C@@H]5CC(OCCC=O)CN5)cc4)[nH]c3=O)C(=O)C(N)c3ccccc3)[C@@H]2SC1. The number of fused-ring (bicyclic) bond motifs is 1. The van der Waals surface area contributed by atoms with Crippen LogP contribution in [0.5, 0.6) is 0 Å². The molecule has 3 unspecified atom stereocenters. The summed E-state index contributed by atoms with van der Waals surface area (Å²) >= 11 is 1.20. The second kappa shape index (κ2) is 18.1. The van der Waals surface area contributed by atoms with Gasteiger partial charge >= 0.3 is 11.9 Å². The molecule has 17 nitrogen and oxygen atoms in total. The monoisotopic (exact) mass is 814 g/mol. The van der Waals surface area contributed by atoms with Gasteiger partial charge in [0.25, 0.3) is 17.4 Å². The van der Waals surface area contributed by atoms with Gasteiger partial charge in [-0.3, -0.25) is 33.7 Å². The van der Waals surface area contributed by atoms with E-state index >= 15 is 0 Å². The van der Waals surface area contributed by atoms with Crippen LogP contribution in [0, 0.1) is 0 Å². The third kappa shape index (κ3) is 8.79. The zero-order valence-corrected chi connectivity index (χ0v) is 32.4. The molecule has 0 aliphatic carbocycles. The minimum Gasteiger partial charge on any atom is -0.477 e. The summed E-state index contributed by atoms with van der Waals surface area (Å²) in [7, 11) is 0. The number of rotatable bonds is 15. The molecule has 304 valence electrons. The summed E-state index contributed by atoms with van der Waals surface area (Å²) < 4.78 is 10.7. The lowest BCUT2D eigenvalue weighted by Gasteiger charge is -2.53. The van der Waals surface area contributed by atoms with Gasteiger partial charge in [0, 0.05) is 49.4 Å². The molecule has 0 saturated carbocycles. The Morgan fingerprint density at radius 2 is 1.76 bits per heavy atom. The van der Waals surface area contributed by atoms with Crippen molar-refractivity contribution < 1.29 is 48.1 Å². The fourth-order valence-corrected chi connectivity index (χ4v) is 8.50. The van der Waals surface area contributed by atoms with E-state index in [4.69, 9.17) is 15.2 Å². The molecule has 0 bridgehead atoms. The van der Waals surface area contributed by atoms with Crippen molar-refractivity contribution in [2.24, 2.45) is 5.73 Å². The number of hydrogen-bond donors (Lipinski definition) is 4. The predicted octanol–water partition coefficient (Wildman–Crippen LogP) is 1.47. The molecule has 1 aromatic heterocycles. The van der Waals surface area contributed by atoms with E-state index in [2.05, 4.69) is 10.3 Å². The van der Waals surface area contributed by atoms with Crippen LogP contribution in [0.25, 0.3) is 11.3 Å². The third-order valence-corrected chi connectivity index (χ3v) is 11.3. The van der Waals surface area contributed by atoms with Crippen molar-refractivity contribution >= 4 is 59.3 Å². The van der Waals surface area contributed by atoms with Gasteiger partial charge in [-0.25, -0.2) is 9.69 Å². The summed E-state index contributed by atoms with van der Waals surface area (Å²) in [5.74, 6) is -4.20. The number of hydrogen-bond acceptors (Lipinski definition) is 13. The van der Waals surface area contributed by atoms with E-state index in [1.807, 2.05) is 0 Å². The normalized spacial score (nSPS) is 20.4. The number of aromatic amines is 1. The number of ether oxygens (including phenoxy) is 2. The maximum atomic E-state index is 14.1. The molecule has 2 aromatic carbocycles. The second-order valence-electron chi connectivity index (χ2n) is 13.9. The van der Waals surface area contributed by atoms with Crippen molar-refractivity contribution in [1.29, 1.82) is 0 Å². The van der Waals surface area contributed by atoms with Crippen LogP contribution in [0.2, 0.25) is 0 Å². The lowest BCUT2D eigenvalue weighted by atomic mass is 9.98. The number of aliphatic carboxylic acids is 1. The molecule has 0 spiro atoms. The van der Waals surface area contributed by atoms with Crippen LogP contribution < -0.4 is 21.5 Å². The molecule has 3 aromatic rings. The van der Waals surface area contributed by atoms with Gasteiger partial charge < -0.3 is 40.3 Å². The molecule has 18 heteroatoms. The number of carbonyl (C=O) groups excluding carboxylic acids is 6. The third-order valence-electron chi connectivity index (χ3n) is 10.00. The maximum Gasteiger partial charge on any atom is 0.352 e. The zero-order valence-electron chi connectivity index (χ0n) is 31.6. The molecule has 4 amide bonds. The Morgan fingerprint density at radius 3 is 2.40 bits per heavy atom. The van der Waals surface area contributed by atoms with Crippen molar-refractivity contribution in [1.82, 2.24) is 20.1 Å². The Balaban J connectivity index is 1.22. The average molecular weight is 815 g/mol. The number of benzene rings is 2. The number of carbonyl (C=O) groups is 7. The summed E-state index contributed by atoms with van der Waals surface area (Å²) in [4.78, 5) is 108. The van der Waals surface area contributed by atoms with E-state index < -0.39 is 64.6 Å². The van der Waals surface area contributed by atoms with Gasteiger partial charge in [-0.05, 0) is 41.8 Å². The Labute approximate surface area is 336 Å². The number of nitrogens with one attached hydrogen (secondary N) is 2. The van der Waals surface area contributed by atoms with E-state index in [0.717, 1.165) is 16.1 Å². The summed E-state index contributed by atoms with van der Waals surface area (Å²) in [5, 5.41) is 12.3. The highest BCUT2D eigenvalue weighted by Gasteiger charge is 2.57. The number of carboxylic acid groups (broad SMARTS) is 1. The van der Waals surface area contributed by atoms with Gasteiger partial charge in [0.2, 0.25) is 11.8 Å². The lowest BCUT2D eigenvalue weighted by Crippen LogP contribution is -2.71. The summed E-state index contributed by atoms with van der Waals surface area (Å²) in [6.07, 6.45) is 1.05. The standard InChI is InChI=1S/C40H42N6O11S/c1-22(48)45(36(51)31-17-29(18-42-31)56-16-6-15-47)28-12-9-24(10-13-28)30-14-11-26(35(50)43-30)19-44(37(52)32(41)25-7-4-3-5-8-25)34-38(53)46-33(40(54)55)27(20-57-23(2)49)21-58-39(34)46/h3-5,7-15,29,31-32,34,39,42H,6,16-21,41H2,1-2H3,(H,43,50)(H,54,55)/t29?,31-,32?,34?,39-/m0/s1. The smallest absolute Gasteiger partial charge is 0.352 e. The Hall–Kier alpha value is -5.95. The first-order valence-electron chi connectivity index (χ1n) is 18.4. The van der Waals surface area contributed by atoms with Crippen molar-refractivity contribution in [3.8, 4) is 11.3 Å². The highest BCUT2D eigenvalue weighted by Crippen LogP contribution is 2.43. The molecule has 2 fully saturated rings. The lowest BCUT2D eigenvalue weighted by molar-refractivity contribution is -0.161. The number of imide groups is 1. The molecule has 58 heavy (non-hydrogen) atoms. The number of carboxylic acids is 1. The summed E-state index contributed by atoms with van der Waals surface area (Å²) in [5.41, 5.74) is 7.61. The minimum atomic E-state index is -1.39. The first-order chi connectivity index (χ1) is 27.8. The number of pyridine rings is 1. The highest BCUT2D eigenvalue weighted by atomic mass is 32.2. The van der Waals surface area contributed by atoms with Crippen LogP contribution in [0.1, 0.15) is 43.9 Å². The van der Waals surface area contributed by atoms with Gasteiger partial charge in [-0.1, -0.05) is 42.5 Å². The number of β-lactam (4-membered cyclic amide) rings is 1. The second-order valence-corrected chi connectivity index (χ2v) is 15.0. The van der Waals surface area contributed by atoms with E-state index in [-0.39, 0.29) is 54.9 Å². The van der Waals surface area contributed by atoms with Crippen LogP contribution in [-0.4, -0.2) is 111 Å². The number of nitrogens with zero attached hydrogens (tertiary/aromatic N) is 3. The van der Waals surface area contributed by atoms with Crippen molar-refractivity contribution in [2.75, 3.05) is 30.4 Å². The number of anilines is 1. The van der Waals surface area contributed by atoms with Gasteiger partial charge in [-0.2, -0.15) is 0 Å². The molecular weight excluding hydrogens is 773 g/mol. The van der Waals surface area contributed by atoms with E-state index in [0.29, 0.717) is 35.5 Å². The fourth-order valence-electron chi connectivity index (χ4n) is 7.10. The Bertz CT molecular complexity index is 2190. The van der Waals surface area contributed by atoms with Crippen LogP contribution in [0.3, 0.4) is 0 Å². The zero-order chi connectivity index (χ0) is 41.7. The molecule has 5 atom stereocenters. The van der Waals surface area contributed by atoms with E-state index in [9.17, 15) is 43.5 Å². The van der Waals surface area contributed by atoms with Gasteiger partial charge in [-0.15, -0.1) is 11.8 Å². The predicted molar refractivity (Wildman–Crippen MR) is 210 cm³/mol. The van der Waals surface area contributed by atoms with Crippen LogP contribution in [-0.2, 0) is 49.6 Å². The van der Waals surface area contributed by atoms with Crippen LogP contribution in [0.4, 0.5) is 5.69 Å². The molecule has 3 aliphatic heterocycles. The Morgan fingerprint density at radius 1 is 1.03 bits per heavy atom. The number of esters is 1. The molecule has 5 N–H and O–H groups in total.